The zero-order valence-corrected chi connectivity index (χ0v) is 6.87. The maximum absolute atomic E-state index is 12.6. The molecule has 0 amide bonds. The van der Waals surface area contributed by atoms with Gasteiger partial charge in [0.2, 0.25) is 0 Å². The average molecular weight is 207 g/mol. The predicted molar refractivity (Wildman–Crippen MR) is 38.8 cm³/mol. The molecule has 0 aliphatic carbocycles. The molecule has 0 aromatic heterocycles. The Morgan fingerprint density at radius 2 is 1.80 bits per heavy atom. The lowest BCUT2D eigenvalue weighted by atomic mass is 10.2. The largest absolute Gasteiger partial charge is 0.203 e. The summed E-state index contributed by atoms with van der Waals surface area (Å²) in [7, 11) is 0. The molecule has 0 fully saturated rings. The van der Waals surface area contributed by atoms with E-state index in [4.69, 9.17) is 0 Å². The molecule has 0 spiro atoms. The summed E-state index contributed by atoms with van der Waals surface area (Å²) in [6.45, 7) is 1.52. The van der Waals surface area contributed by atoms with Crippen molar-refractivity contribution in [1.29, 1.82) is 0 Å². The normalized spacial score (nSPS) is 10.0. The van der Waals surface area contributed by atoms with Crippen molar-refractivity contribution in [2.45, 2.75) is 6.92 Å². The summed E-state index contributed by atoms with van der Waals surface area (Å²) in [5, 5.41) is 0. The molecule has 0 nitrogen and oxygen atoms in total. The fourth-order valence-corrected chi connectivity index (χ4v) is 0.929. The summed E-state index contributed by atoms with van der Waals surface area (Å²) in [6.07, 6.45) is 0. The Morgan fingerprint density at radius 3 is 2.30 bits per heavy atom. The minimum absolute atomic E-state index is 0.163. The van der Waals surface area contributed by atoms with Gasteiger partial charge < -0.3 is 0 Å². The van der Waals surface area contributed by atoms with E-state index in [0.29, 0.717) is 5.56 Å². The van der Waals surface area contributed by atoms with Crippen LogP contribution in [0.5, 0.6) is 0 Å². The first-order valence-corrected chi connectivity index (χ1v) is 3.52. The summed E-state index contributed by atoms with van der Waals surface area (Å²) in [4.78, 5) is 0. The van der Waals surface area contributed by atoms with Crippen molar-refractivity contribution in [1.82, 2.24) is 0 Å². The van der Waals surface area contributed by atoms with Crippen molar-refractivity contribution in [3.8, 4) is 0 Å². The SMILES string of the molecule is Cc1ccc(Br)c(F)c1F. The van der Waals surface area contributed by atoms with E-state index in [2.05, 4.69) is 15.9 Å². The molecule has 0 unspecified atom stereocenters. The molecule has 1 aromatic carbocycles. The highest BCUT2D eigenvalue weighted by molar-refractivity contribution is 9.10. The van der Waals surface area contributed by atoms with Gasteiger partial charge in [-0.25, -0.2) is 8.78 Å². The number of aryl methyl sites for hydroxylation is 1. The lowest BCUT2D eigenvalue weighted by molar-refractivity contribution is 0.499. The summed E-state index contributed by atoms with van der Waals surface area (Å²) in [5.41, 5.74) is 0.320. The predicted octanol–water partition coefficient (Wildman–Crippen LogP) is 3.04. The van der Waals surface area contributed by atoms with Gasteiger partial charge in [-0.1, -0.05) is 6.07 Å². The first-order valence-electron chi connectivity index (χ1n) is 2.73. The van der Waals surface area contributed by atoms with Crippen LogP contribution >= 0.6 is 15.9 Å². The molecule has 0 atom stereocenters. The molecular weight excluding hydrogens is 202 g/mol. The van der Waals surface area contributed by atoms with Crippen molar-refractivity contribution < 1.29 is 8.78 Å². The molecule has 3 heteroatoms. The van der Waals surface area contributed by atoms with Crippen LogP contribution in [-0.4, -0.2) is 0 Å². The highest BCUT2D eigenvalue weighted by Crippen LogP contribution is 2.19. The Bertz CT molecular complexity index is 231. The van der Waals surface area contributed by atoms with Gasteiger partial charge in [0, 0.05) is 0 Å². The van der Waals surface area contributed by atoms with Crippen molar-refractivity contribution >= 4 is 15.9 Å². The molecule has 1 aromatic rings. The van der Waals surface area contributed by atoms with Gasteiger partial charge in [-0.2, -0.15) is 0 Å². The maximum atomic E-state index is 12.6. The minimum Gasteiger partial charge on any atom is -0.203 e. The van der Waals surface area contributed by atoms with E-state index in [9.17, 15) is 8.78 Å². The van der Waals surface area contributed by atoms with Crippen molar-refractivity contribution in [2.24, 2.45) is 0 Å². The van der Waals surface area contributed by atoms with E-state index in [1.807, 2.05) is 0 Å². The molecule has 0 saturated carbocycles. The van der Waals surface area contributed by atoms with Crippen LogP contribution in [0.3, 0.4) is 0 Å². The number of benzene rings is 1. The molecule has 1 rings (SSSR count). The van der Waals surface area contributed by atoms with Crippen LogP contribution in [0.1, 0.15) is 5.56 Å². The zero-order chi connectivity index (χ0) is 7.72. The Hall–Kier alpha value is -0.440. The smallest absolute Gasteiger partial charge is 0.173 e. The van der Waals surface area contributed by atoms with Gasteiger partial charge in [0.1, 0.15) is 0 Å². The summed E-state index contributed by atoms with van der Waals surface area (Å²) < 4.78 is 25.3. The van der Waals surface area contributed by atoms with Crippen molar-refractivity contribution in [3.05, 3.63) is 33.8 Å². The molecule has 0 radical (unpaired) electrons. The number of rotatable bonds is 0. The van der Waals surface area contributed by atoms with Gasteiger partial charge in [0.25, 0.3) is 0 Å². The van der Waals surface area contributed by atoms with Crippen LogP contribution in [0, 0.1) is 18.6 Å². The Kier molecular flexibility index (Phi) is 2.04. The van der Waals surface area contributed by atoms with Crippen LogP contribution in [0.25, 0.3) is 0 Å². The fourth-order valence-electron chi connectivity index (χ4n) is 0.622. The van der Waals surface area contributed by atoms with Gasteiger partial charge >= 0.3 is 0 Å². The van der Waals surface area contributed by atoms with Crippen LogP contribution < -0.4 is 0 Å². The molecular formula is C7H5BrF2. The second-order valence-electron chi connectivity index (χ2n) is 1.99. The van der Waals surface area contributed by atoms with Gasteiger partial charge in [0.05, 0.1) is 4.47 Å². The van der Waals surface area contributed by atoms with E-state index >= 15 is 0 Å². The van der Waals surface area contributed by atoms with Crippen LogP contribution in [-0.2, 0) is 0 Å². The highest BCUT2D eigenvalue weighted by Gasteiger charge is 2.07. The molecule has 0 saturated heterocycles. The molecule has 0 N–H and O–H groups in total. The summed E-state index contributed by atoms with van der Waals surface area (Å²) in [6, 6.07) is 3.00. The van der Waals surface area contributed by atoms with E-state index in [0.717, 1.165) is 0 Å². The van der Waals surface area contributed by atoms with Crippen LogP contribution in [0.15, 0.2) is 16.6 Å². The third-order valence-electron chi connectivity index (χ3n) is 1.23. The fraction of sp³-hybridized carbons (Fsp3) is 0.143. The molecule has 10 heavy (non-hydrogen) atoms. The monoisotopic (exact) mass is 206 g/mol. The van der Waals surface area contributed by atoms with Gasteiger partial charge in [-0.05, 0) is 34.5 Å². The molecule has 0 aliphatic rings. The second-order valence-corrected chi connectivity index (χ2v) is 2.85. The maximum Gasteiger partial charge on any atom is 0.173 e. The first-order chi connectivity index (χ1) is 4.63. The van der Waals surface area contributed by atoms with E-state index in [1.165, 1.54) is 19.1 Å². The molecule has 0 aliphatic heterocycles. The summed E-state index contributed by atoms with van der Waals surface area (Å²) >= 11 is 2.87. The Morgan fingerprint density at radius 1 is 1.20 bits per heavy atom. The Labute approximate surface area is 66.0 Å². The number of hydrogen-bond acceptors (Lipinski definition) is 0. The molecule has 54 valence electrons. The molecule has 0 heterocycles. The lowest BCUT2D eigenvalue weighted by Gasteiger charge is -1.97. The van der Waals surface area contributed by atoms with E-state index in [1.54, 1.807) is 0 Å². The van der Waals surface area contributed by atoms with Gasteiger partial charge in [0.15, 0.2) is 11.6 Å². The van der Waals surface area contributed by atoms with Crippen LogP contribution in [0.4, 0.5) is 8.78 Å². The minimum atomic E-state index is -0.819. The quantitative estimate of drug-likeness (QED) is 0.573. The van der Waals surface area contributed by atoms with Gasteiger partial charge in [-0.3, -0.25) is 0 Å². The van der Waals surface area contributed by atoms with Crippen LogP contribution in [0.2, 0.25) is 0 Å². The van der Waals surface area contributed by atoms with E-state index in [-0.39, 0.29) is 4.47 Å². The second kappa shape index (κ2) is 2.66. The van der Waals surface area contributed by atoms with Crippen molar-refractivity contribution in [3.63, 3.8) is 0 Å². The average Bonchev–Trinajstić information content (AvgIpc) is 1.93. The van der Waals surface area contributed by atoms with Crippen molar-refractivity contribution in [2.75, 3.05) is 0 Å². The van der Waals surface area contributed by atoms with E-state index < -0.39 is 11.6 Å². The number of hydrogen-bond donors (Lipinski definition) is 0. The molecule has 0 bridgehead atoms. The first kappa shape index (κ1) is 7.66. The standard InChI is InChI=1S/C7H5BrF2/c1-4-2-3-5(8)7(10)6(4)9/h2-3H,1H3. The third kappa shape index (κ3) is 1.19. The topological polar surface area (TPSA) is 0 Å². The third-order valence-corrected chi connectivity index (χ3v) is 1.84. The summed E-state index contributed by atoms with van der Waals surface area (Å²) in [5.74, 6) is -1.60. The Balaban J connectivity index is 3.34. The van der Waals surface area contributed by atoms with Gasteiger partial charge in [-0.15, -0.1) is 0 Å². The zero-order valence-electron chi connectivity index (χ0n) is 5.29. The lowest BCUT2D eigenvalue weighted by Crippen LogP contribution is -1.88. The highest BCUT2D eigenvalue weighted by atomic mass is 79.9. The number of halogens is 3.